The van der Waals surface area contributed by atoms with Crippen LogP contribution in [-0.4, -0.2) is 52.3 Å². The van der Waals surface area contributed by atoms with Crippen molar-refractivity contribution in [2.45, 2.75) is 58.0 Å². The van der Waals surface area contributed by atoms with Gasteiger partial charge >= 0.3 is 5.97 Å². The summed E-state index contributed by atoms with van der Waals surface area (Å²) in [6, 6.07) is 1.57. The fourth-order valence-corrected chi connectivity index (χ4v) is 5.91. The van der Waals surface area contributed by atoms with Crippen molar-refractivity contribution in [1.82, 2.24) is 34.6 Å². The van der Waals surface area contributed by atoms with Crippen molar-refractivity contribution in [3.63, 3.8) is 0 Å². The summed E-state index contributed by atoms with van der Waals surface area (Å²) in [7, 11) is 0. The van der Waals surface area contributed by atoms with E-state index in [0.29, 0.717) is 63.5 Å². The Kier molecular flexibility index (Phi) is 6.64. The summed E-state index contributed by atoms with van der Waals surface area (Å²) in [5.41, 5.74) is 1.96. The van der Waals surface area contributed by atoms with Crippen molar-refractivity contribution < 1.29 is 14.4 Å². The van der Waals surface area contributed by atoms with Gasteiger partial charge in [-0.3, -0.25) is 4.98 Å². The SMILES string of the molecule is C#CC1CCC(Cn2c(N3CCCC3c3nc(C)no3)nc3nc(C(=O)O)nc(-c4cncc(Cl)c4)c32)CC1. The van der Waals surface area contributed by atoms with Gasteiger partial charge in [-0.2, -0.15) is 9.97 Å². The number of pyridine rings is 1. The molecule has 6 rings (SSSR count). The van der Waals surface area contributed by atoms with Crippen LogP contribution < -0.4 is 4.90 Å². The molecule has 2 fully saturated rings. The first-order chi connectivity index (χ1) is 18.9. The zero-order chi connectivity index (χ0) is 27.1. The number of aromatic carboxylic acids is 1. The van der Waals surface area contributed by atoms with Gasteiger partial charge in [0.15, 0.2) is 11.5 Å². The van der Waals surface area contributed by atoms with Crippen LogP contribution in [0.15, 0.2) is 23.0 Å². The number of halogens is 1. The summed E-state index contributed by atoms with van der Waals surface area (Å²) in [5, 5.41) is 14.2. The molecule has 1 saturated heterocycles. The second-order valence-corrected chi connectivity index (χ2v) is 10.6. The van der Waals surface area contributed by atoms with Crippen molar-refractivity contribution in [3.05, 3.63) is 41.0 Å². The van der Waals surface area contributed by atoms with E-state index in [9.17, 15) is 9.90 Å². The molecule has 2 aliphatic rings. The van der Waals surface area contributed by atoms with Crippen LogP contribution in [0.1, 0.15) is 66.9 Å². The predicted molar refractivity (Wildman–Crippen MR) is 143 cm³/mol. The molecule has 12 heteroatoms. The van der Waals surface area contributed by atoms with E-state index in [4.69, 9.17) is 27.5 Å². The third-order valence-electron chi connectivity index (χ3n) is 7.61. The molecule has 4 aromatic heterocycles. The molecule has 39 heavy (non-hydrogen) atoms. The number of terminal acetylenes is 1. The fourth-order valence-electron chi connectivity index (χ4n) is 5.74. The molecular formula is C27H27ClN8O3. The van der Waals surface area contributed by atoms with Gasteiger partial charge in [0.2, 0.25) is 17.7 Å². The van der Waals surface area contributed by atoms with E-state index in [1.807, 2.05) is 0 Å². The number of fused-ring (bicyclic) bond motifs is 1. The van der Waals surface area contributed by atoms with E-state index in [1.54, 1.807) is 19.2 Å². The number of imidazole rings is 1. The van der Waals surface area contributed by atoms with Crippen LogP contribution in [0.5, 0.6) is 0 Å². The number of aryl methyl sites for hydroxylation is 1. The highest BCUT2D eigenvalue weighted by Crippen LogP contribution is 2.40. The van der Waals surface area contributed by atoms with Crippen LogP contribution in [0.4, 0.5) is 5.95 Å². The highest BCUT2D eigenvalue weighted by atomic mass is 35.5. The summed E-state index contributed by atoms with van der Waals surface area (Å²) < 4.78 is 7.68. The molecule has 200 valence electrons. The standard InChI is InChI=1S/C27H27ClN8O3/c1-3-16-6-8-17(9-7-16)14-36-22-21(18-11-19(28)13-29-12-18)31-24(26(37)38)32-23(22)33-27(36)35-10-4-5-20(35)25-30-15(2)34-39-25/h1,11-13,16-17,20H,4-10,14H2,2H3,(H,37,38). The summed E-state index contributed by atoms with van der Waals surface area (Å²) in [4.78, 5) is 36.6. The number of carbonyl (C=O) groups is 1. The highest BCUT2D eigenvalue weighted by molar-refractivity contribution is 6.30. The Hall–Kier alpha value is -4.04. The van der Waals surface area contributed by atoms with Crippen LogP contribution in [-0.2, 0) is 6.54 Å². The number of anilines is 1. The maximum Gasteiger partial charge on any atom is 0.374 e. The molecule has 0 aromatic carbocycles. The Bertz CT molecular complexity index is 1580. The van der Waals surface area contributed by atoms with E-state index in [2.05, 4.69) is 40.5 Å². The lowest BCUT2D eigenvalue weighted by molar-refractivity contribution is 0.0684. The van der Waals surface area contributed by atoms with Crippen LogP contribution in [0, 0.1) is 31.1 Å². The van der Waals surface area contributed by atoms with Crippen molar-refractivity contribution in [1.29, 1.82) is 0 Å². The van der Waals surface area contributed by atoms with Crippen molar-refractivity contribution in [2.75, 3.05) is 11.4 Å². The van der Waals surface area contributed by atoms with Crippen LogP contribution in [0.3, 0.4) is 0 Å². The number of carboxylic acid groups (broad SMARTS) is 1. The molecule has 0 amide bonds. The third-order valence-corrected chi connectivity index (χ3v) is 7.82. The van der Waals surface area contributed by atoms with Crippen molar-refractivity contribution >= 4 is 34.7 Å². The van der Waals surface area contributed by atoms with E-state index in [1.165, 1.54) is 6.20 Å². The van der Waals surface area contributed by atoms with Crippen LogP contribution in [0.2, 0.25) is 5.02 Å². The largest absolute Gasteiger partial charge is 0.475 e. The maximum absolute atomic E-state index is 12.0. The Labute approximate surface area is 229 Å². The van der Waals surface area contributed by atoms with Gasteiger partial charge in [0.1, 0.15) is 17.3 Å². The monoisotopic (exact) mass is 546 g/mol. The quantitative estimate of drug-likeness (QED) is 0.338. The first kappa shape index (κ1) is 25.2. The van der Waals surface area contributed by atoms with Crippen LogP contribution >= 0.6 is 11.6 Å². The van der Waals surface area contributed by atoms with Crippen LogP contribution in [0.25, 0.3) is 22.4 Å². The molecule has 1 N–H and O–H groups in total. The summed E-state index contributed by atoms with van der Waals surface area (Å²) >= 11 is 6.28. The third kappa shape index (κ3) is 4.81. The Morgan fingerprint density at radius 3 is 2.69 bits per heavy atom. The lowest BCUT2D eigenvalue weighted by Gasteiger charge is -2.29. The lowest BCUT2D eigenvalue weighted by Crippen LogP contribution is -2.28. The second-order valence-electron chi connectivity index (χ2n) is 10.2. The Balaban J connectivity index is 1.53. The molecule has 1 aliphatic carbocycles. The first-order valence-electron chi connectivity index (χ1n) is 13.1. The second kappa shape index (κ2) is 10.3. The zero-order valence-corrected chi connectivity index (χ0v) is 22.2. The molecule has 0 radical (unpaired) electrons. The van der Waals surface area contributed by atoms with Gasteiger partial charge in [0.25, 0.3) is 0 Å². The molecule has 1 aliphatic heterocycles. The minimum absolute atomic E-state index is 0.151. The number of nitrogens with zero attached hydrogens (tertiary/aromatic N) is 8. The normalized spacial score (nSPS) is 21.4. The number of aromatic nitrogens is 7. The Morgan fingerprint density at radius 1 is 1.18 bits per heavy atom. The summed E-state index contributed by atoms with van der Waals surface area (Å²) in [6.07, 6.45) is 14.5. The zero-order valence-electron chi connectivity index (χ0n) is 21.4. The number of hydrogen-bond acceptors (Lipinski definition) is 9. The van der Waals surface area contributed by atoms with Gasteiger partial charge in [-0.1, -0.05) is 16.8 Å². The maximum atomic E-state index is 12.0. The molecular weight excluding hydrogens is 520 g/mol. The number of rotatable bonds is 6. The average molecular weight is 547 g/mol. The van der Waals surface area contributed by atoms with Gasteiger partial charge in [0.05, 0.1) is 5.02 Å². The van der Waals surface area contributed by atoms with E-state index in [0.717, 1.165) is 45.1 Å². The summed E-state index contributed by atoms with van der Waals surface area (Å²) in [5.74, 6) is 3.78. The molecule has 1 unspecified atom stereocenters. The van der Waals surface area contributed by atoms with Gasteiger partial charge in [-0.05, 0) is 57.4 Å². The lowest BCUT2D eigenvalue weighted by atomic mass is 9.82. The molecule has 0 bridgehead atoms. The molecule has 0 spiro atoms. The molecule has 4 aromatic rings. The minimum atomic E-state index is -1.24. The Morgan fingerprint density at radius 2 is 2.00 bits per heavy atom. The highest BCUT2D eigenvalue weighted by Gasteiger charge is 2.36. The van der Waals surface area contributed by atoms with Gasteiger partial charge in [-0.15, -0.1) is 12.3 Å². The van der Waals surface area contributed by atoms with Crippen molar-refractivity contribution in [3.8, 4) is 23.6 Å². The van der Waals surface area contributed by atoms with E-state index < -0.39 is 5.97 Å². The minimum Gasteiger partial charge on any atom is -0.475 e. The molecule has 5 heterocycles. The van der Waals surface area contributed by atoms with Gasteiger partial charge < -0.3 is 19.1 Å². The summed E-state index contributed by atoms with van der Waals surface area (Å²) in [6.45, 7) is 3.18. The molecule has 1 atom stereocenters. The smallest absolute Gasteiger partial charge is 0.374 e. The molecule has 1 saturated carbocycles. The van der Waals surface area contributed by atoms with E-state index >= 15 is 0 Å². The predicted octanol–water partition coefficient (Wildman–Crippen LogP) is 4.71. The average Bonchev–Trinajstić information content (AvgIpc) is 3.67. The van der Waals surface area contributed by atoms with Crippen molar-refractivity contribution in [2.24, 2.45) is 11.8 Å². The number of hydrogen-bond donors (Lipinski definition) is 1. The fraction of sp³-hybridized carbons (Fsp3) is 0.444. The first-order valence-corrected chi connectivity index (χ1v) is 13.4. The topological polar surface area (TPSA) is 136 Å². The number of carboxylic acids is 1. The molecule has 11 nitrogen and oxygen atoms in total. The van der Waals surface area contributed by atoms with E-state index in [-0.39, 0.29) is 11.9 Å². The van der Waals surface area contributed by atoms with Gasteiger partial charge in [-0.25, -0.2) is 14.8 Å². The van der Waals surface area contributed by atoms with Gasteiger partial charge in [0, 0.05) is 37.0 Å².